The summed E-state index contributed by atoms with van der Waals surface area (Å²) in [6.45, 7) is 1.72. The molecule has 0 aliphatic rings. The molecule has 0 saturated heterocycles. The van der Waals surface area contributed by atoms with E-state index in [9.17, 15) is 18.8 Å². The van der Waals surface area contributed by atoms with Gasteiger partial charge < -0.3 is 10.2 Å². The summed E-state index contributed by atoms with van der Waals surface area (Å²) in [7, 11) is 1.48. The second-order valence-electron chi connectivity index (χ2n) is 4.92. The Hall–Kier alpha value is -2.77. The Kier molecular flexibility index (Phi) is 5.05. The molecule has 122 valence electrons. The van der Waals surface area contributed by atoms with Crippen molar-refractivity contribution in [2.45, 2.75) is 13.5 Å². The van der Waals surface area contributed by atoms with Crippen LogP contribution in [0.1, 0.15) is 6.92 Å². The highest BCUT2D eigenvalue weighted by atomic mass is 19.1. The number of carbonyl (C=O) groups excluding carboxylic acids is 2. The zero-order valence-corrected chi connectivity index (χ0v) is 12.9. The fourth-order valence-corrected chi connectivity index (χ4v) is 2.12. The molecule has 7 nitrogen and oxygen atoms in total. The molecule has 0 unspecified atom stereocenters. The average Bonchev–Trinajstić information content (AvgIpc) is 2.55. The van der Waals surface area contributed by atoms with Crippen LogP contribution < -0.4 is 10.9 Å². The van der Waals surface area contributed by atoms with Crippen molar-refractivity contribution >= 4 is 22.7 Å². The van der Waals surface area contributed by atoms with Gasteiger partial charge >= 0.3 is 0 Å². The Bertz CT molecular complexity index is 803. The van der Waals surface area contributed by atoms with E-state index in [1.54, 1.807) is 6.92 Å². The summed E-state index contributed by atoms with van der Waals surface area (Å²) in [5.41, 5.74) is -0.142. The Morgan fingerprint density at radius 2 is 2.13 bits per heavy atom. The molecule has 0 atom stereocenters. The first-order valence-corrected chi connectivity index (χ1v) is 7.09. The fraction of sp³-hybridized carbons (Fsp3) is 0.333. The SMILES string of the molecule is CCN(CC(=O)NC)C(=O)Cn1cnc2ccc(F)cc2c1=O. The van der Waals surface area contributed by atoms with Crippen LogP contribution in [0.15, 0.2) is 29.3 Å². The smallest absolute Gasteiger partial charge is 0.261 e. The maximum absolute atomic E-state index is 13.3. The zero-order chi connectivity index (χ0) is 17.0. The van der Waals surface area contributed by atoms with Gasteiger partial charge in [0.1, 0.15) is 12.4 Å². The van der Waals surface area contributed by atoms with Gasteiger partial charge in [-0.05, 0) is 25.1 Å². The van der Waals surface area contributed by atoms with E-state index >= 15 is 0 Å². The molecule has 1 aromatic carbocycles. The number of aromatic nitrogens is 2. The summed E-state index contributed by atoms with van der Waals surface area (Å²) in [5.74, 6) is -1.24. The number of benzene rings is 1. The molecule has 1 N–H and O–H groups in total. The molecule has 0 spiro atoms. The van der Waals surface area contributed by atoms with Crippen LogP contribution in [0.5, 0.6) is 0 Å². The Labute approximate surface area is 131 Å². The Morgan fingerprint density at radius 3 is 2.78 bits per heavy atom. The molecule has 2 amide bonds. The molecule has 8 heteroatoms. The number of amides is 2. The van der Waals surface area contributed by atoms with Gasteiger partial charge in [0, 0.05) is 13.6 Å². The number of nitrogens with one attached hydrogen (secondary N) is 1. The van der Waals surface area contributed by atoms with Crippen LogP contribution in [0, 0.1) is 5.82 Å². The fourth-order valence-electron chi connectivity index (χ4n) is 2.12. The van der Waals surface area contributed by atoms with Gasteiger partial charge in [0.2, 0.25) is 11.8 Å². The summed E-state index contributed by atoms with van der Waals surface area (Å²) in [6.07, 6.45) is 1.24. The average molecular weight is 320 g/mol. The number of hydrogen-bond donors (Lipinski definition) is 1. The summed E-state index contributed by atoms with van der Waals surface area (Å²) in [6, 6.07) is 3.71. The number of nitrogens with zero attached hydrogens (tertiary/aromatic N) is 3. The van der Waals surface area contributed by atoms with E-state index in [0.29, 0.717) is 12.1 Å². The molecule has 0 aliphatic carbocycles. The summed E-state index contributed by atoms with van der Waals surface area (Å²) in [5, 5.41) is 2.54. The van der Waals surface area contributed by atoms with Gasteiger partial charge in [-0.15, -0.1) is 0 Å². The van der Waals surface area contributed by atoms with Crippen molar-refractivity contribution in [3.05, 3.63) is 40.7 Å². The van der Waals surface area contributed by atoms with E-state index in [-0.39, 0.29) is 24.4 Å². The molecule has 0 radical (unpaired) electrons. The van der Waals surface area contributed by atoms with Crippen molar-refractivity contribution < 1.29 is 14.0 Å². The maximum Gasteiger partial charge on any atom is 0.261 e. The monoisotopic (exact) mass is 320 g/mol. The van der Waals surface area contributed by atoms with Gasteiger partial charge in [-0.1, -0.05) is 0 Å². The van der Waals surface area contributed by atoms with Crippen LogP contribution in [0.2, 0.25) is 0 Å². The first kappa shape index (κ1) is 16.6. The summed E-state index contributed by atoms with van der Waals surface area (Å²) in [4.78, 5) is 41.3. The molecule has 1 aromatic heterocycles. The van der Waals surface area contributed by atoms with Gasteiger partial charge in [-0.25, -0.2) is 9.37 Å². The van der Waals surface area contributed by atoms with Gasteiger partial charge in [-0.3, -0.25) is 19.0 Å². The number of hydrogen-bond acceptors (Lipinski definition) is 4. The van der Waals surface area contributed by atoms with Crippen molar-refractivity contribution in [2.75, 3.05) is 20.1 Å². The van der Waals surface area contributed by atoms with Crippen molar-refractivity contribution in [3.8, 4) is 0 Å². The lowest BCUT2D eigenvalue weighted by Crippen LogP contribution is -2.42. The second-order valence-corrected chi connectivity index (χ2v) is 4.92. The van der Waals surface area contributed by atoms with Crippen LogP contribution in [0.25, 0.3) is 10.9 Å². The van der Waals surface area contributed by atoms with Crippen molar-refractivity contribution in [3.63, 3.8) is 0 Å². The van der Waals surface area contributed by atoms with Crippen molar-refractivity contribution in [1.29, 1.82) is 0 Å². The third-order valence-electron chi connectivity index (χ3n) is 3.44. The third kappa shape index (κ3) is 3.71. The Balaban J connectivity index is 2.27. The maximum atomic E-state index is 13.3. The molecule has 0 aliphatic heterocycles. The number of likely N-dealkylation sites (N-methyl/N-ethyl adjacent to an activating group) is 2. The van der Waals surface area contributed by atoms with Gasteiger partial charge in [-0.2, -0.15) is 0 Å². The van der Waals surface area contributed by atoms with Crippen molar-refractivity contribution in [1.82, 2.24) is 19.8 Å². The van der Waals surface area contributed by atoms with Crippen LogP contribution >= 0.6 is 0 Å². The first-order chi connectivity index (χ1) is 11.0. The first-order valence-electron chi connectivity index (χ1n) is 7.09. The highest BCUT2D eigenvalue weighted by Gasteiger charge is 2.16. The third-order valence-corrected chi connectivity index (χ3v) is 3.44. The number of rotatable bonds is 5. The molecule has 0 fully saturated rings. The van der Waals surface area contributed by atoms with E-state index in [1.165, 1.54) is 30.4 Å². The molecule has 0 saturated carbocycles. The molecule has 1 heterocycles. The van der Waals surface area contributed by atoms with E-state index in [4.69, 9.17) is 0 Å². The summed E-state index contributed by atoms with van der Waals surface area (Å²) < 4.78 is 14.4. The van der Waals surface area contributed by atoms with Crippen LogP contribution in [0.3, 0.4) is 0 Å². The lowest BCUT2D eigenvalue weighted by Gasteiger charge is -2.20. The van der Waals surface area contributed by atoms with Crippen molar-refractivity contribution in [2.24, 2.45) is 0 Å². The highest BCUT2D eigenvalue weighted by Crippen LogP contribution is 2.08. The van der Waals surface area contributed by atoms with Gasteiger partial charge in [0.05, 0.1) is 23.8 Å². The molecule has 2 rings (SSSR count). The Morgan fingerprint density at radius 1 is 1.39 bits per heavy atom. The second kappa shape index (κ2) is 6.99. The number of halogens is 1. The predicted molar refractivity (Wildman–Crippen MR) is 82.3 cm³/mol. The van der Waals surface area contributed by atoms with Gasteiger partial charge in [0.25, 0.3) is 5.56 Å². The largest absolute Gasteiger partial charge is 0.358 e. The quantitative estimate of drug-likeness (QED) is 0.849. The number of carbonyl (C=O) groups is 2. The highest BCUT2D eigenvalue weighted by molar-refractivity contribution is 5.84. The van der Waals surface area contributed by atoms with Gasteiger partial charge in [0.15, 0.2) is 0 Å². The predicted octanol–water partition coefficient (Wildman–Crippen LogP) is 0.130. The molecular weight excluding hydrogens is 303 g/mol. The normalized spacial score (nSPS) is 10.6. The molecular formula is C15H17FN4O3. The minimum Gasteiger partial charge on any atom is -0.358 e. The molecule has 2 aromatic rings. The molecule has 0 bridgehead atoms. The van der Waals surface area contributed by atoms with Crippen LogP contribution in [-0.2, 0) is 16.1 Å². The van der Waals surface area contributed by atoms with Crippen LogP contribution in [0.4, 0.5) is 4.39 Å². The van der Waals surface area contributed by atoms with Crippen LogP contribution in [-0.4, -0.2) is 46.4 Å². The van der Waals surface area contributed by atoms with E-state index in [1.807, 2.05) is 0 Å². The lowest BCUT2D eigenvalue weighted by atomic mass is 10.2. The zero-order valence-electron chi connectivity index (χ0n) is 12.9. The number of fused-ring (bicyclic) bond motifs is 1. The minimum absolute atomic E-state index is 0.0871. The van der Waals surface area contributed by atoms with E-state index < -0.39 is 17.3 Å². The topological polar surface area (TPSA) is 84.3 Å². The standard InChI is InChI=1S/C15H17FN4O3/c1-3-19(7-13(21)17-2)14(22)8-20-9-18-12-5-4-10(16)6-11(12)15(20)23/h4-6,9H,3,7-8H2,1-2H3,(H,17,21). The minimum atomic E-state index is -0.546. The molecule has 23 heavy (non-hydrogen) atoms. The summed E-state index contributed by atoms with van der Waals surface area (Å²) >= 11 is 0. The van der Waals surface area contributed by atoms with E-state index in [0.717, 1.165) is 10.6 Å². The lowest BCUT2D eigenvalue weighted by molar-refractivity contribution is -0.136. The van der Waals surface area contributed by atoms with E-state index in [2.05, 4.69) is 10.3 Å².